The van der Waals surface area contributed by atoms with E-state index in [1.54, 1.807) is 7.11 Å². The van der Waals surface area contributed by atoms with Crippen LogP contribution in [0.2, 0.25) is 0 Å². The summed E-state index contributed by atoms with van der Waals surface area (Å²) < 4.78 is 6.88. The Morgan fingerprint density at radius 2 is 2.04 bits per heavy atom. The van der Waals surface area contributed by atoms with Crippen molar-refractivity contribution >= 4 is 11.8 Å². The molecule has 7 nitrogen and oxygen atoms in total. The van der Waals surface area contributed by atoms with Gasteiger partial charge in [0, 0.05) is 33.4 Å². The van der Waals surface area contributed by atoms with E-state index < -0.39 is 0 Å². The Kier molecular flexibility index (Phi) is 6.78. The van der Waals surface area contributed by atoms with E-state index in [9.17, 15) is 9.59 Å². The molecule has 2 heterocycles. The number of imidazole rings is 1. The molecule has 7 heteroatoms. The lowest BCUT2D eigenvalue weighted by atomic mass is 10.1. The summed E-state index contributed by atoms with van der Waals surface area (Å²) in [6.07, 6.45) is 3.55. The topological polar surface area (TPSA) is 85.2 Å². The molecule has 2 amide bonds. The summed E-state index contributed by atoms with van der Waals surface area (Å²) >= 11 is 0. The zero-order valence-electron chi connectivity index (χ0n) is 14.9. The first kappa shape index (κ1) is 18.4. The molecule has 0 radical (unpaired) electrons. The van der Waals surface area contributed by atoms with E-state index in [1.165, 1.54) is 0 Å². The monoisotopic (exact) mass is 336 g/mol. The van der Waals surface area contributed by atoms with Crippen molar-refractivity contribution in [2.45, 2.75) is 46.1 Å². The fourth-order valence-electron chi connectivity index (χ4n) is 2.78. The van der Waals surface area contributed by atoms with E-state index in [2.05, 4.69) is 15.6 Å². The molecule has 24 heavy (non-hydrogen) atoms. The minimum Gasteiger partial charge on any atom is -0.385 e. The Hall–Kier alpha value is -1.89. The minimum atomic E-state index is -0.225. The van der Waals surface area contributed by atoms with Gasteiger partial charge < -0.3 is 19.9 Å². The van der Waals surface area contributed by atoms with Gasteiger partial charge in [0.1, 0.15) is 5.69 Å². The van der Waals surface area contributed by atoms with Gasteiger partial charge in [0.05, 0.1) is 5.69 Å². The average molecular weight is 336 g/mol. The predicted octanol–water partition coefficient (Wildman–Crippen LogP) is 1.37. The average Bonchev–Trinajstić information content (AvgIpc) is 2.96. The van der Waals surface area contributed by atoms with E-state index in [-0.39, 0.29) is 11.8 Å². The fraction of sp³-hybridized carbons (Fsp3) is 0.706. The Balaban J connectivity index is 2.13. The van der Waals surface area contributed by atoms with Gasteiger partial charge in [-0.15, -0.1) is 0 Å². The zero-order valence-corrected chi connectivity index (χ0v) is 14.9. The third-order valence-electron chi connectivity index (χ3n) is 4.02. The molecule has 134 valence electrons. The van der Waals surface area contributed by atoms with Gasteiger partial charge in [-0.2, -0.15) is 0 Å². The molecule has 0 fully saturated rings. The molecular formula is C17H28N4O3. The van der Waals surface area contributed by atoms with Gasteiger partial charge in [0.2, 0.25) is 0 Å². The van der Waals surface area contributed by atoms with Gasteiger partial charge in [-0.25, -0.2) is 4.98 Å². The van der Waals surface area contributed by atoms with E-state index in [1.807, 2.05) is 18.4 Å². The van der Waals surface area contributed by atoms with Gasteiger partial charge in [-0.05, 0) is 31.6 Å². The quantitative estimate of drug-likeness (QED) is 0.702. The van der Waals surface area contributed by atoms with Crippen LogP contribution < -0.4 is 10.6 Å². The molecule has 0 aromatic carbocycles. The molecule has 1 aromatic rings. The lowest BCUT2D eigenvalue weighted by Gasteiger charge is -2.17. The molecule has 0 spiro atoms. The number of methoxy groups -OCH3 is 1. The molecule has 0 unspecified atom stereocenters. The summed E-state index contributed by atoms with van der Waals surface area (Å²) in [7, 11) is 1.63. The van der Waals surface area contributed by atoms with Crippen LogP contribution in [-0.2, 0) is 17.7 Å². The van der Waals surface area contributed by atoms with Crippen molar-refractivity contribution in [3.05, 3.63) is 17.2 Å². The number of nitrogens with zero attached hydrogens (tertiary/aromatic N) is 2. The number of amides is 2. The normalized spacial score (nSPS) is 13.7. The summed E-state index contributed by atoms with van der Waals surface area (Å²) in [5, 5.41) is 5.75. The SMILES string of the molecule is COCCCNC(=O)c1nc(C(=O)NCC(C)C)c2n1CCCC2. The number of rotatable bonds is 8. The standard InChI is InChI=1S/C17H28N4O3/c1-12(2)11-19-16(22)14-13-7-4-5-9-21(13)15(20-14)17(23)18-8-6-10-24-3/h12H,4-11H2,1-3H3,(H,18,23)(H,19,22). The Morgan fingerprint density at radius 1 is 1.25 bits per heavy atom. The number of hydrogen-bond donors (Lipinski definition) is 2. The van der Waals surface area contributed by atoms with Crippen LogP contribution in [0.1, 0.15) is 59.9 Å². The van der Waals surface area contributed by atoms with Crippen molar-refractivity contribution in [2.75, 3.05) is 26.8 Å². The van der Waals surface area contributed by atoms with Crippen LogP contribution >= 0.6 is 0 Å². The van der Waals surface area contributed by atoms with Crippen LogP contribution in [0, 0.1) is 5.92 Å². The molecule has 0 bridgehead atoms. The van der Waals surface area contributed by atoms with E-state index in [4.69, 9.17) is 4.74 Å². The van der Waals surface area contributed by atoms with Crippen molar-refractivity contribution in [2.24, 2.45) is 5.92 Å². The zero-order chi connectivity index (χ0) is 17.5. The molecule has 0 atom stereocenters. The minimum absolute atomic E-state index is 0.187. The number of ether oxygens (including phenoxy) is 1. The Labute approximate surface area is 143 Å². The highest BCUT2D eigenvalue weighted by Gasteiger charge is 2.27. The van der Waals surface area contributed by atoms with Crippen molar-refractivity contribution in [1.82, 2.24) is 20.2 Å². The van der Waals surface area contributed by atoms with Gasteiger partial charge >= 0.3 is 0 Å². The predicted molar refractivity (Wildman–Crippen MR) is 91.2 cm³/mol. The van der Waals surface area contributed by atoms with Gasteiger partial charge in [-0.3, -0.25) is 9.59 Å². The number of nitrogens with one attached hydrogen (secondary N) is 2. The van der Waals surface area contributed by atoms with Crippen molar-refractivity contribution in [3.63, 3.8) is 0 Å². The maximum Gasteiger partial charge on any atom is 0.287 e. The first-order valence-electron chi connectivity index (χ1n) is 8.69. The van der Waals surface area contributed by atoms with Gasteiger partial charge in [-0.1, -0.05) is 13.8 Å². The van der Waals surface area contributed by atoms with Crippen molar-refractivity contribution in [1.29, 1.82) is 0 Å². The molecule has 1 aliphatic heterocycles. The summed E-state index contributed by atoms with van der Waals surface area (Å²) in [6, 6.07) is 0. The highest BCUT2D eigenvalue weighted by molar-refractivity contribution is 5.97. The van der Waals surface area contributed by atoms with Crippen LogP contribution in [0.5, 0.6) is 0 Å². The third-order valence-corrected chi connectivity index (χ3v) is 4.02. The maximum atomic E-state index is 12.4. The van der Waals surface area contributed by atoms with Crippen LogP contribution in [0.25, 0.3) is 0 Å². The number of carbonyl (C=O) groups is 2. The number of carbonyl (C=O) groups excluding carboxylic acids is 2. The molecular weight excluding hydrogens is 308 g/mol. The van der Waals surface area contributed by atoms with Crippen LogP contribution in [0.3, 0.4) is 0 Å². The molecule has 2 rings (SSSR count). The Bertz CT molecular complexity index is 581. The van der Waals surface area contributed by atoms with Gasteiger partial charge in [0.25, 0.3) is 11.8 Å². The number of hydrogen-bond acceptors (Lipinski definition) is 4. The fourth-order valence-corrected chi connectivity index (χ4v) is 2.78. The lowest BCUT2D eigenvalue weighted by Crippen LogP contribution is -2.29. The molecule has 1 aromatic heterocycles. The molecule has 2 N–H and O–H groups in total. The number of aromatic nitrogens is 2. The molecule has 0 aliphatic carbocycles. The largest absolute Gasteiger partial charge is 0.385 e. The van der Waals surface area contributed by atoms with Crippen LogP contribution in [0.15, 0.2) is 0 Å². The molecule has 1 aliphatic rings. The highest BCUT2D eigenvalue weighted by Crippen LogP contribution is 2.21. The van der Waals surface area contributed by atoms with Crippen LogP contribution in [-0.4, -0.2) is 48.2 Å². The van der Waals surface area contributed by atoms with E-state index >= 15 is 0 Å². The summed E-state index contributed by atoms with van der Waals surface area (Å²) in [5.41, 5.74) is 1.28. The second-order valence-corrected chi connectivity index (χ2v) is 6.55. The first-order chi connectivity index (χ1) is 11.5. The molecule has 0 saturated heterocycles. The third kappa shape index (κ3) is 4.56. The second-order valence-electron chi connectivity index (χ2n) is 6.55. The van der Waals surface area contributed by atoms with Crippen LogP contribution in [0.4, 0.5) is 0 Å². The maximum absolute atomic E-state index is 12.4. The highest BCUT2D eigenvalue weighted by atomic mass is 16.5. The lowest BCUT2D eigenvalue weighted by molar-refractivity contribution is 0.0932. The van der Waals surface area contributed by atoms with Crippen molar-refractivity contribution < 1.29 is 14.3 Å². The first-order valence-corrected chi connectivity index (χ1v) is 8.69. The molecule has 0 saturated carbocycles. The number of fused-ring (bicyclic) bond motifs is 1. The van der Waals surface area contributed by atoms with E-state index in [0.717, 1.165) is 37.9 Å². The van der Waals surface area contributed by atoms with Gasteiger partial charge in [0.15, 0.2) is 5.82 Å². The smallest absolute Gasteiger partial charge is 0.287 e. The van der Waals surface area contributed by atoms with E-state index in [0.29, 0.717) is 37.1 Å². The summed E-state index contributed by atoms with van der Waals surface area (Å²) in [6.45, 7) is 6.56. The summed E-state index contributed by atoms with van der Waals surface area (Å²) in [4.78, 5) is 29.2. The second kappa shape index (κ2) is 8.82. The summed E-state index contributed by atoms with van der Waals surface area (Å²) in [5.74, 6) is 0.303. The van der Waals surface area contributed by atoms with Crippen molar-refractivity contribution in [3.8, 4) is 0 Å². The Morgan fingerprint density at radius 3 is 2.75 bits per heavy atom.